The van der Waals surface area contributed by atoms with Crippen LogP contribution in [-0.4, -0.2) is 31.5 Å². The monoisotopic (exact) mass is 372 g/mol. The van der Waals surface area contributed by atoms with Gasteiger partial charge in [-0.1, -0.05) is 11.6 Å². The van der Waals surface area contributed by atoms with Crippen LogP contribution in [0.5, 0.6) is 0 Å². The standard InChI is InChI=1S/C14H17ClN4O2S2/c1-9-2-5-13(22-9)23(20,21)17-7-6-16-12-8-11(15)18-14(19-12)10-3-4-10/h2,5,8,10,17H,3-4,6-7H2,1H3,(H,16,18,19). The van der Waals surface area contributed by atoms with Gasteiger partial charge in [0.15, 0.2) is 0 Å². The highest BCUT2D eigenvalue weighted by Crippen LogP contribution is 2.38. The van der Waals surface area contributed by atoms with Crippen LogP contribution in [0.1, 0.15) is 29.5 Å². The Labute approximate surface area is 144 Å². The minimum atomic E-state index is -3.44. The van der Waals surface area contributed by atoms with E-state index in [1.807, 2.05) is 6.92 Å². The van der Waals surface area contributed by atoms with Crippen molar-refractivity contribution < 1.29 is 8.42 Å². The van der Waals surface area contributed by atoms with Crippen molar-refractivity contribution in [3.63, 3.8) is 0 Å². The minimum Gasteiger partial charge on any atom is -0.369 e. The van der Waals surface area contributed by atoms with Crippen LogP contribution in [-0.2, 0) is 10.0 Å². The molecule has 2 heterocycles. The summed E-state index contributed by atoms with van der Waals surface area (Å²) in [6.45, 7) is 2.56. The molecule has 2 N–H and O–H groups in total. The molecule has 3 rings (SSSR count). The maximum absolute atomic E-state index is 12.1. The van der Waals surface area contributed by atoms with Crippen LogP contribution >= 0.6 is 22.9 Å². The number of hydrogen-bond donors (Lipinski definition) is 2. The number of thiophene rings is 1. The summed E-state index contributed by atoms with van der Waals surface area (Å²) in [4.78, 5) is 9.58. The second-order valence-electron chi connectivity index (χ2n) is 5.40. The molecule has 9 heteroatoms. The lowest BCUT2D eigenvalue weighted by atomic mass is 10.4. The zero-order valence-corrected chi connectivity index (χ0v) is 14.9. The van der Waals surface area contributed by atoms with Crippen molar-refractivity contribution in [3.8, 4) is 0 Å². The molecule has 124 valence electrons. The molecule has 2 aromatic heterocycles. The number of aromatic nitrogens is 2. The van der Waals surface area contributed by atoms with Crippen LogP contribution in [0.2, 0.25) is 5.15 Å². The van der Waals surface area contributed by atoms with E-state index < -0.39 is 10.0 Å². The van der Waals surface area contributed by atoms with Crippen LogP contribution in [0.15, 0.2) is 22.4 Å². The van der Waals surface area contributed by atoms with Gasteiger partial charge in [0.25, 0.3) is 0 Å². The summed E-state index contributed by atoms with van der Waals surface area (Å²) in [5.41, 5.74) is 0. The molecule has 0 bridgehead atoms. The van der Waals surface area contributed by atoms with Gasteiger partial charge in [-0.2, -0.15) is 0 Å². The van der Waals surface area contributed by atoms with Gasteiger partial charge in [0.05, 0.1) is 0 Å². The molecule has 0 atom stereocenters. The van der Waals surface area contributed by atoms with E-state index in [4.69, 9.17) is 11.6 Å². The third-order valence-corrected chi connectivity index (χ3v) is 6.51. The number of hydrogen-bond acceptors (Lipinski definition) is 6. The lowest BCUT2D eigenvalue weighted by Gasteiger charge is -2.08. The molecule has 2 aromatic rings. The molecule has 0 aliphatic heterocycles. The Bertz CT molecular complexity index is 803. The second kappa shape index (κ2) is 6.72. The number of aryl methyl sites for hydroxylation is 1. The highest BCUT2D eigenvalue weighted by molar-refractivity contribution is 7.91. The third kappa shape index (κ3) is 4.41. The van der Waals surface area contributed by atoms with Crippen molar-refractivity contribution in [1.29, 1.82) is 0 Å². The maximum Gasteiger partial charge on any atom is 0.250 e. The zero-order valence-electron chi connectivity index (χ0n) is 12.5. The average Bonchev–Trinajstić information content (AvgIpc) is 3.25. The number of nitrogens with zero attached hydrogens (tertiary/aromatic N) is 2. The number of nitrogens with one attached hydrogen (secondary N) is 2. The SMILES string of the molecule is Cc1ccc(S(=O)(=O)NCCNc2cc(Cl)nc(C3CC3)n2)s1. The van der Waals surface area contributed by atoms with Gasteiger partial charge in [0, 0.05) is 30.0 Å². The van der Waals surface area contributed by atoms with Gasteiger partial charge in [-0.3, -0.25) is 0 Å². The fourth-order valence-corrected chi connectivity index (χ4v) is 4.60. The molecule has 0 amide bonds. The minimum absolute atomic E-state index is 0.264. The summed E-state index contributed by atoms with van der Waals surface area (Å²) in [6, 6.07) is 5.05. The summed E-state index contributed by atoms with van der Waals surface area (Å²) in [5, 5.41) is 3.48. The van der Waals surface area contributed by atoms with E-state index in [-0.39, 0.29) is 6.54 Å². The van der Waals surface area contributed by atoms with Gasteiger partial charge in [0.1, 0.15) is 21.0 Å². The van der Waals surface area contributed by atoms with Crippen molar-refractivity contribution in [3.05, 3.63) is 34.1 Å². The number of sulfonamides is 1. The van der Waals surface area contributed by atoms with Crippen molar-refractivity contribution in [1.82, 2.24) is 14.7 Å². The van der Waals surface area contributed by atoms with E-state index in [1.165, 1.54) is 11.3 Å². The molecule has 1 aliphatic carbocycles. The van der Waals surface area contributed by atoms with Gasteiger partial charge in [-0.05, 0) is 31.9 Å². The maximum atomic E-state index is 12.1. The first-order chi connectivity index (χ1) is 10.9. The Morgan fingerprint density at radius 2 is 2.09 bits per heavy atom. The molecule has 23 heavy (non-hydrogen) atoms. The Morgan fingerprint density at radius 3 is 2.74 bits per heavy atom. The lowest BCUT2D eigenvalue weighted by Crippen LogP contribution is -2.28. The molecule has 0 aromatic carbocycles. The lowest BCUT2D eigenvalue weighted by molar-refractivity contribution is 0.585. The molecular formula is C14H17ClN4O2S2. The molecule has 1 fully saturated rings. The quantitative estimate of drug-likeness (QED) is 0.576. The van der Waals surface area contributed by atoms with Crippen LogP contribution < -0.4 is 10.0 Å². The highest BCUT2D eigenvalue weighted by Gasteiger charge is 2.27. The highest BCUT2D eigenvalue weighted by atomic mass is 35.5. The molecule has 6 nitrogen and oxygen atoms in total. The number of anilines is 1. The van der Waals surface area contributed by atoms with E-state index in [0.29, 0.717) is 27.6 Å². The fourth-order valence-electron chi connectivity index (χ4n) is 2.05. The van der Waals surface area contributed by atoms with Crippen molar-refractivity contribution >= 4 is 38.8 Å². The molecule has 1 saturated carbocycles. The zero-order chi connectivity index (χ0) is 16.4. The Hall–Kier alpha value is -1.22. The van der Waals surface area contributed by atoms with E-state index >= 15 is 0 Å². The van der Waals surface area contributed by atoms with E-state index in [0.717, 1.165) is 23.5 Å². The van der Waals surface area contributed by atoms with Gasteiger partial charge in [-0.25, -0.2) is 23.1 Å². The van der Waals surface area contributed by atoms with Crippen LogP contribution in [0, 0.1) is 6.92 Å². The smallest absolute Gasteiger partial charge is 0.250 e. The van der Waals surface area contributed by atoms with Crippen LogP contribution in [0.25, 0.3) is 0 Å². The summed E-state index contributed by atoms with van der Waals surface area (Å²) in [5.74, 6) is 1.79. The topological polar surface area (TPSA) is 84.0 Å². The van der Waals surface area contributed by atoms with E-state index in [2.05, 4.69) is 20.0 Å². The van der Waals surface area contributed by atoms with Gasteiger partial charge in [0.2, 0.25) is 10.0 Å². The first kappa shape index (κ1) is 16.6. The summed E-state index contributed by atoms with van der Waals surface area (Å²) in [7, 11) is -3.44. The molecule has 0 saturated heterocycles. The number of halogens is 1. The van der Waals surface area contributed by atoms with Gasteiger partial charge >= 0.3 is 0 Å². The third-order valence-electron chi connectivity index (χ3n) is 3.36. The fraction of sp³-hybridized carbons (Fsp3) is 0.429. The number of rotatable bonds is 7. The predicted molar refractivity (Wildman–Crippen MR) is 91.8 cm³/mol. The van der Waals surface area contributed by atoms with Crippen molar-refractivity contribution in [2.75, 3.05) is 18.4 Å². The average molecular weight is 373 g/mol. The Morgan fingerprint density at radius 1 is 1.30 bits per heavy atom. The second-order valence-corrected chi connectivity index (χ2v) is 9.07. The Kier molecular flexibility index (Phi) is 4.86. The summed E-state index contributed by atoms with van der Waals surface area (Å²) in [6.07, 6.45) is 2.19. The Balaban J connectivity index is 1.53. The molecule has 0 unspecified atom stereocenters. The van der Waals surface area contributed by atoms with Crippen molar-refractivity contribution in [2.45, 2.75) is 29.9 Å². The first-order valence-electron chi connectivity index (χ1n) is 7.28. The molecular weight excluding hydrogens is 356 g/mol. The molecule has 1 aliphatic rings. The van der Waals surface area contributed by atoms with E-state index in [9.17, 15) is 8.42 Å². The van der Waals surface area contributed by atoms with E-state index in [1.54, 1.807) is 18.2 Å². The van der Waals surface area contributed by atoms with Gasteiger partial charge in [-0.15, -0.1) is 11.3 Å². The first-order valence-corrected chi connectivity index (χ1v) is 9.96. The van der Waals surface area contributed by atoms with Gasteiger partial charge < -0.3 is 5.32 Å². The molecule has 0 spiro atoms. The largest absolute Gasteiger partial charge is 0.369 e. The summed E-state index contributed by atoms with van der Waals surface area (Å²) < 4.78 is 27.1. The van der Waals surface area contributed by atoms with Crippen molar-refractivity contribution in [2.24, 2.45) is 0 Å². The normalized spacial score (nSPS) is 14.9. The molecule has 0 radical (unpaired) electrons. The summed E-state index contributed by atoms with van der Waals surface area (Å²) >= 11 is 7.24. The predicted octanol–water partition coefficient (Wildman–Crippen LogP) is 2.77. The van der Waals surface area contributed by atoms with Crippen LogP contribution in [0.3, 0.4) is 0 Å². The van der Waals surface area contributed by atoms with Crippen LogP contribution in [0.4, 0.5) is 5.82 Å².